The van der Waals surface area contributed by atoms with E-state index in [1.54, 1.807) is 24.3 Å². The van der Waals surface area contributed by atoms with E-state index in [0.717, 1.165) is 19.3 Å². The fourth-order valence-corrected chi connectivity index (χ4v) is 2.44. The van der Waals surface area contributed by atoms with Crippen LogP contribution < -0.4 is 15.2 Å². The average molecular weight is 374 g/mol. The molecule has 1 aliphatic rings. The number of methoxy groups -OCH3 is 1. The molecule has 6 nitrogen and oxygen atoms in total. The van der Waals surface area contributed by atoms with Crippen molar-refractivity contribution in [2.75, 3.05) is 7.11 Å². The van der Waals surface area contributed by atoms with Gasteiger partial charge in [0.05, 0.1) is 12.6 Å². The fourth-order valence-electron chi connectivity index (χ4n) is 2.44. The molecule has 1 fully saturated rings. The molecule has 1 aromatic carbocycles. The van der Waals surface area contributed by atoms with Gasteiger partial charge in [0.2, 0.25) is 0 Å². The molecule has 9 heteroatoms. The first kappa shape index (κ1) is 19.1. The van der Waals surface area contributed by atoms with Gasteiger partial charge in [0.1, 0.15) is 0 Å². The second-order valence-electron chi connectivity index (χ2n) is 5.59. The Labute approximate surface area is 149 Å². The van der Waals surface area contributed by atoms with Crippen molar-refractivity contribution >= 4 is 24.6 Å². The summed E-state index contributed by atoms with van der Waals surface area (Å²) in [5, 5.41) is 3.91. The minimum Gasteiger partial charge on any atom is -0.493 e. The molecule has 0 aliphatic heterocycles. The first-order valence-electron chi connectivity index (χ1n) is 7.44. The van der Waals surface area contributed by atoms with Crippen LogP contribution in [0.3, 0.4) is 0 Å². The number of nitrogens with zero attached hydrogens (tertiary/aromatic N) is 2. The van der Waals surface area contributed by atoms with Crippen molar-refractivity contribution in [1.29, 1.82) is 0 Å². The van der Waals surface area contributed by atoms with Crippen molar-refractivity contribution in [3.8, 4) is 11.5 Å². The lowest BCUT2D eigenvalue weighted by atomic mass is 9.77. The summed E-state index contributed by atoms with van der Waals surface area (Å²) in [5.74, 6) is 1.01. The van der Waals surface area contributed by atoms with Crippen LogP contribution in [0.15, 0.2) is 22.7 Å². The molecule has 136 valence electrons. The van der Waals surface area contributed by atoms with Crippen molar-refractivity contribution in [1.82, 2.24) is 10.1 Å². The van der Waals surface area contributed by atoms with Crippen LogP contribution in [0.25, 0.3) is 12.2 Å². The summed E-state index contributed by atoms with van der Waals surface area (Å²) >= 11 is 0. The van der Waals surface area contributed by atoms with Crippen LogP contribution >= 0.6 is 12.4 Å². The Morgan fingerprint density at radius 3 is 2.64 bits per heavy atom. The highest BCUT2D eigenvalue weighted by molar-refractivity contribution is 5.85. The molecule has 1 aliphatic carbocycles. The van der Waals surface area contributed by atoms with Crippen LogP contribution in [0, 0.1) is 0 Å². The van der Waals surface area contributed by atoms with E-state index in [0.29, 0.717) is 17.3 Å². The topological polar surface area (TPSA) is 83.4 Å². The van der Waals surface area contributed by atoms with Gasteiger partial charge in [-0.2, -0.15) is 13.8 Å². The predicted octanol–water partition coefficient (Wildman–Crippen LogP) is 3.61. The standard InChI is InChI=1S/C16H17F2N3O3.ClH/c1-22-12-9-10(3-5-11(12)23-15(17)18)4-6-13-20-14(21-24-13)16(19)7-2-8-16;/h3-6,9,15H,2,7-8,19H2,1H3;1H/b6-4+;. The lowest BCUT2D eigenvalue weighted by Gasteiger charge is -2.34. The number of hydrogen-bond acceptors (Lipinski definition) is 6. The van der Waals surface area contributed by atoms with Gasteiger partial charge in [-0.1, -0.05) is 11.2 Å². The molecular weight excluding hydrogens is 356 g/mol. The van der Waals surface area contributed by atoms with Crippen LogP contribution in [-0.4, -0.2) is 23.9 Å². The van der Waals surface area contributed by atoms with Gasteiger partial charge in [0.15, 0.2) is 17.3 Å². The highest BCUT2D eigenvalue weighted by atomic mass is 35.5. The van der Waals surface area contributed by atoms with E-state index in [2.05, 4.69) is 14.9 Å². The first-order chi connectivity index (χ1) is 11.5. The van der Waals surface area contributed by atoms with Crippen LogP contribution in [-0.2, 0) is 5.54 Å². The molecule has 3 rings (SSSR count). The van der Waals surface area contributed by atoms with Crippen molar-refractivity contribution in [2.45, 2.75) is 31.4 Å². The molecule has 0 atom stereocenters. The second-order valence-corrected chi connectivity index (χ2v) is 5.59. The molecule has 0 radical (unpaired) electrons. The maximum atomic E-state index is 12.3. The molecule has 25 heavy (non-hydrogen) atoms. The number of rotatable bonds is 6. The molecule has 1 saturated carbocycles. The highest BCUT2D eigenvalue weighted by Crippen LogP contribution is 2.37. The third-order valence-corrected chi connectivity index (χ3v) is 3.95. The van der Waals surface area contributed by atoms with E-state index < -0.39 is 12.2 Å². The Bertz CT molecular complexity index is 748. The largest absolute Gasteiger partial charge is 0.493 e. The van der Waals surface area contributed by atoms with Crippen LogP contribution in [0.4, 0.5) is 8.78 Å². The zero-order valence-corrected chi connectivity index (χ0v) is 14.3. The SMILES string of the molecule is COc1cc(/C=C/c2nc(C3(N)CCC3)no2)ccc1OC(F)F.Cl. The monoisotopic (exact) mass is 373 g/mol. The number of aromatic nitrogens is 2. The second kappa shape index (κ2) is 7.79. The lowest BCUT2D eigenvalue weighted by Crippen LogP contribution is -2.44. The van der Waals surface area contributed by atoms with Crippen molar-refractivity contribution in [3.63, 3.8) is 0 Å². The summed E-state index contributed by atoms with van der Waals surface area (Å²) in [4.78, 5) is 4.27. The average Bonchev–Trinajstić information content (AvgIpc) is 3.00. The lowest BCUT2D eigenvalue weighted by molar-refractivity contribution is -0.0512. The van der Waals surface area contributed by atoms with Crippen molar-refractivity contribution < 1.29 is 22.8 Å². The first-order valence-corrected chi connectivity index (χ1v) is 7.44. The molecule has 2 aromatic rings. The molecule has 1 aromatic heterocycles. The maximum absolute atomic E-state index is 12.3. The third kappa shape index (κ3) is 4.26. The summed E-state index contributed by atoms with van der Waals surface area (Å²) in [5.41, 5.74) is 6.37. The number of ether oxygens (including phenoxy) is 2. The molecule has 0 unspecified atom stereocenters. The van der Waals surface area contributed by atoms with Gasteiger partial charge in [0.25, 0.3) is 5.89 Å². The smallest absolute Gasteiger partial charge is 0.387 e. The van der Waals surface area contributed by atoms with Crippen LogP contribution in [0.5, 0.6) is 11.5 Å². The van der Waals surface area contributed by atoms with Crippen molar-refractivity contribution in [2.24, 2.45) is 5.73 Å². The summed E-state index contributed by atoms with van der Waals surface area (Å²) < 4.78 is 39.2. The van der Waals surface area contributed by atoms with E-state index in [9.17, 15) is 8.78 Å². The number of hydrogen-bond donors (Lipinski definition) is 1. The Hall–Kier alpha value is -2.19. The minimum absolute atomic E-state index is 0. The minimum atomic E-state index is -2.91. The summed E-state index contributed by atoms with van der Waals surface area (Å²) in [6.07, 6.45) is 6.08. The Balaban J connectivity index is 0.00000225. The van der Waals surface area contributed by atoms with Gasteiger partial charge < -0.3 is 19.7 Å². The Morgan fingerprint density at radius 2 is 2.04 bits per heavy atom. The number of benzene rings is 1. The van der Waals surface area contributed by atoms with E-state index in [4.69, 9.17) is 15.0 Å². The maximum Gasteiger partial charge on any atom is 0.387 e. The highest BCUT2D eigenvalue weighted by Gasteiger charge is 2.38. The summed E-state index contributed by atoms with van der Waals surface area (Å²) in [6.45, 7) is -2.91. The third-order valence-electron chi connectivity index (χ3n) is 3.95. The molecular formula is C16H18ClF2N3O3. The van der Waals surface area contributed by atoms with E-state index in [1.807, 2.05) is 0 Å². The Kier molecular flexibility index (Phi) is 5.97. The van der Waals surface area contributed by atoms with Gasteiger partial charge >= 0.3 is 6.61 Å². The zero-order chi connectivity index (χ0) is 17.2. The van der Waals surface area contributed by atoms with E-state index in [-0.39, 0.29) is 23.9 Å². The molecule has 0 amide bonds. The number of nitrogens with two attached hydrogens (primary N) is 1. The zero-order valence-electron chi connectivity index (χ0n) is 13.4. The fraction of sp³-hybridized carbons (Fsp3) is 0.375. The number of halogens is 3. The summed E-state index contributed by atoms with van der Waals surface area (Å²) in [7, 11) is 1.38. The van der Waals surface area contributed by atoms with Gasteiger partial charge in [-0.3, -0.25) is 0 Å². The quantitative estimate of drug-likeness (QED) is 0.832. The van der Waals surface area contributed by atoms with Crippen LogP contribution in [0.2, 0.25) is 0 Å². The molecule has 0 saturated heterocycles. The van der Waals surface area contributed by atoms with Gasteiger partial charge in [-0.25, -0.2) is 0 Å². The van der Waals surface area contributed by atoms with Crippen LogP contribution in [0.1, 0.15) is 36.5 Å². The number of alkyl halides is 2. The predicted molar refractivity (Wildman–Crippen MR) is 89.8 cm³/mol. The molecule has 0 spiro atoms. The summed E-state index contributed by atoms with van der Waals surface area (Å²) in [6, 6.07) is 4.60. The van der Waals surface area contributed by atoms with E-state index >= 15 is 0 Å². The Morgan fingerprint density at radius 1 is 1.28 bits per heavy atom. The van der Waals surface area contributed by atoms with E-state index in [1.165, 1.54) is 13.2 Å². The van der Waals surface area contributed by atoms with Gasteiger partial charge in [-0.15, -0.1) is 12.4 Å². The van der Waals surface area contributed by atoms with Gasteiger partial charge in [-0.05, 0) is 43.0 Å². The van der Waals surface area contributed by atoms with Crippen molar-refractivity contribution in [3.05, 3.63) is 35.5 Å². The van der Waals surface area contributed by atoms with Gasteiger partial charge in [0, 0.05) is 6.08 Å². The molecule has 0 bridgehead atoms. The molecule has 2 N–H and O–H groups in total. The molecule has 1 heterocycles. The normalized spacial score (nSPS) is 15.7.